The molecule has 0 aliphatic carbocycles. The Kier molecular flexibility index (Phi) is 3.90. The average molecular weight is 361 g/mol. The number of aromatic nitrogens is 3. The number of hydrogen-bond donors (Lipinski definition) is 0. The molecular formula is C14H12ClF3N4O2. The summed E-state index contributed by atoms with van der Waals surface area (Å²) < 4.78 is 45.0. The van der Waals surface area contributed by atoms with Crippen LogP contribution in [0.4, 0.5) is 13.2 Å². The van der Waals surface area contributed by atoms with Gasteiger partial charge in [-0.3, -0.25) is 4.79 Å². The Morgan fingerprint density at radius 3 is 2.50 bits per heavy atom. The van der Waals surface area contributed by atoms with Crippen LogP contribution in [0.1, 0.15) is 23.0 Å². The van der Waals surface area contributed by atoms with Gasteiger partial charge in [0.1, 0.15) is 11.4 Å². The van der Waals surface area contributed by atoms with Crippen molar-refractivity contribution in [1.82, 2.24) is 14.9 Å². The van der Waals surface area contributed by atoms with E-state index < -0.39 is 35.3 Å². The molecule has 1 saturated heterocycles. The van der Waals surface area contributed by atoms with Crippen molar-refractivity contribution in [2.24, 2.45) is 0 Å². The minimum atomic E-state index is -4.81. The van der Waals surface area contributed by atoms with Gasteiger partial charge in [-0.1, -0.05) is 29.4 Å². The highest BCUT2D eigenvalue weighted by atomic mass is 35.5. The molecule has 1 aliphatic heterocycles. The lowest BCUT2D eigenvalue weighted by atomic mass is 9.92. The second-order valence-electron chi connectivity index (χ2n) is 5.21. The number of rotatable bonds is 3. The molecule has 10 heteroatoms. The third-order valence-corrected chi connectivity index (χ3v) is 4.20. The van der Waals surface area contributed by atoms with Crippen LogP contribution in [0.3, 0.4) is 0 Å². The number of benzene rings is 1. The van der Waals surface area contributed by atoms with Crippen LogP contribution in [0.5, 0.6) is 6.01 Å². The van der Waals surface area contributed by atoms with Crippen LogP contribution < -0.4 is 9.75 Å². The Hall–Kier alpha value is -2.29. The highest BCUT2D eigenvalue weighted by Gasteiger charge is 2.53. The van der Waals surface area contributed by atoms with E-state index in [9.17, 15) is 18.0 Å². The lowest BCUT2D eigenvalue weighted by molar-refractivity contribution is -0.149. The van der Waals surface area contributed by atoms with Crippen LogP contribution in [0, 0.1) is 6.92 Å². The third kappa shape index (κ3) is 2.39. The Morgan fingerprint density at radius 1 is 1.25 bits per heavy atom. The highest BCUT2D eigenvalue weighted by molar-refractivity contribution is 6.36. The predicted molar refractivity (Wildman–Crippen MR) is 78.4 cm³/mol. The van der Waals surface area contributed by atoms with Gasteiger partial charge in [0.15, 0.2) is 0 Å². The van der Waals surface area contributed by atoms with Crippen molar-refractivity contribution in [2.45, 2.75) is 24.5 Å². The smallest absolute Gasteiger partial charge is 0.453 e. The van der Waals surface area contributed by atoms with E-state index in [-0.39, 0.29) is 0 Å². The molecule has 0 N–H and O–H groups in total. The van der Waals surface area contributed by atoms with Crippen LogP contribution in [0.25, 0.3) is 0 Å². The van der Waals surface area contributed by atoms with Crippen molar-refractivity contribution < 1.29 is 22.7 Å². The Morgan fingerprint density at radius 2 is 1.92 bits per heavy atom. The van der Waals surface area contributed by atoms with E-state index in [1.54, 1.807) is 31.2 Å². The van der Waals surface area contributed by atoms with Gasteiger partial charge in [0.05, 0.1) is 7.11 Å². The standard InChI is InChI=1S/C14H12ClF3N4O2/c1-7-5-3-4-6-8(7)10-9(15)11(23)21(10)22-12(14(16,17)18)19-20-13(22)24-2/h3-6,9-10H,1-2H3. The van der Waals surface area contributed by atoms with Gasteiger partial charge in [-0.25, -0.2) is 5.01 Å². The van der Waals surface area contributed by atoms with E-state index in [0.717, 1.165) is 17.7 Å². The van der Waals surface area contributed by atoms with Gasteiger partial charge in [0.25, 0.3) is 11.7 Å². The van der Waals surface area contributed by atoms with E-state index in [4.69, 9.17) is 16.3 Å². The summed E-state index contributed by atoms with van der Waals surface area (Å²) in [5.74, 6) is -2.04. The summed E-state index contributed by atoms with van der Waals surface area (Å²) in [6.07, 6.45) is -4.81. The average Bonchev–Trinajstić information content (AvgIpc) is 2.96. The molecule has 0 bridgehead atoms. The molecule has 1 aromatic heterocycles. The van der Waals surface area contributed by atoms with Crippen LogP contribution in [0.2, 0.25) is 0 Å². The minimum absolute atomic E-state index is 0.446. The van der Waals surface area contributed by atoms with E-state index in [1.165, 1.54) is 0 Å². The summed E-state index contributed by atoms with van der Waals surface area (Å²) >= 11 is 6.08. The van der Waals surface area contributed by atoms with Crippen molar-refractivity contribution >= 4 is 17.5 Å². The first kappa shape index (κ1) is 16.6. The molecule has 0 saturated carbocycles. The largest absolute Gasteiger partial charge is 0.466 e. The molecule has 3 rings (SSSR count). The first-order chi connectivity index (χ1) is 11.3. The van der Waals surface area contributed by atoms with Crippen molar-refractivity contribution in [3.05, 3.63) is 41.2 Å². The summed E-state index contributed by atoms with van der Waals surface area (Å²) in [5.41, 5.74) is 1.44. The van der Waals surface area contributed by atoms with Gasteiger partial charge in [-0.05, 0) is 18.1 Å². The molecule has 128 valence electrons. The van der Waals surface area contributed by atoms with Crippen LogP contribution >= 0.6 is 11.6 Å². The van der Waals surface area contributed by atoms with Gasteiger partial charge in [0.2, 0.25) is 0 Å². The number of amides is 1. The highest BCUT2D eigenvalue weighted by Crippen LogP contribution is 2.41. The Bertz CT molecular complexity index is 793. The second-order valence-corrected chi connectivity index (χ2v) is 5.68. The molecule has 24 heavy (non-hydrogen) atoms. The number of alkyl halides is 4. The Balaban J connectivity index is 2.13. The van der Waals surface area contributed by atoms with Crippen LogP contribution in [-0.2, 0) is 11.0 Å². The summed E-state index contributed by atoms with van der Waals surface area (Å²) in [5, 5.41) is 6.33. The number of carbonyl (C=O) groups is 1. The number of halogens is 4. The van der Waals surface area contributed by atoms with E-state index in [1.807, 2.05) is 0 Å². The number of methoxy groups -OCH3 is 1. The molecule has 1 amide bonds. The fourth-order valence-electron chi connectivity index (χ4n) is 2.64. The summed E-state index contributed by atoms with van der Waals surface area (Å²) in [7, 11) is 1.14. The van der Waals surface area contributed by atoms with Crippen molar-refractivity contribution in [1.29, 1.82) is 0 Å². The molecular weight excluding hydrogens is 349 g/mol. The maximum absolute atomic E-state index is 13.2. The number of carbonyl (C=O) groups excluding carboxylic acids is 1. The lowest BCUT2D eigenvalue weighted by Crippen LogP contribution is -2.62. The van der Waals surface area contributed by atoms with Gasteiger partial charge < -0.3 is 4.74 Å². The monoisotopic (exact) mass is 360 g/mol. The molecule has 6 nitrogen and oxygen atoms in total. The number of hydrogen-bond acceptors (Lipinski definition) is 4. The summed E-state index contributed by atoms with van der Waals surface area (Å²) in [6.45, 7) is 1.79. The fraction of sp³-hybridized carbons (Fsp3) is 0.357. The Labute approximate surface area is 139 Å². The zero-order valence-corrected chi connectivity index (χ0v) is 13.3. The molecule has 2 unspecified atom stereocenters. The minimum Gasteiger partial charge on any atom is -0.466 e. The number of aryl methyl sites for hydroxylation is 1. The van der Waals surface area contributed by atoms with Gasteiger partial charge in [-0.2, -0.15) is 17.8 Å². The van der Waals surface area contributed by atoms with Crippen molar-refractivity contribution in [3.8, 4) is 6.01 Å². The molecule has 2 aromatic rings. The predicted octanol–water partition coefficient (Wildman–Crippen LogP) is 2.44. The maximum Gasteiger partial charge on any atom is 0.453 e. The molecule has 2 atom stereocenters. The first-order valence-electron chi connectivity index (χ1n) is 6.87. The maximum atomic E-state index is 13.2. The van der Waals surface area contributed by atoms with Crippen LogP contribution in [0.15, 0.2) is 24.3 Å². The SMILES string of the molecule is COc1nnc(C(F)(F)F)n1N1C(=O)C(Cl)C1c1ccccc1C. The zero-order valence-electron chi connectivity index (χ0n) is 12.6. The molecule has 0 radical (unpaired) electrons. The van der Waals surface area contributed by atoms with Gasteiger partial charge >= 0.3 is 12.2 Å². The summed E-state index contributed by atoms with van der Waals surface area (Å²) in [4.78, 5) is 12.2. The fourth-order valence-corrected chi connectivity index (χ4v) is 2.98. The van der Waals surface area contributed by atoms with E-state index in [2.05, 4.69) is 10.2 Å². The van der Waals surface area contributed by atoms with Crippen LogP contribution in [-0.4, -0.2) is 33.3 Å². The number of β-lactam (4-membered cyclic amide) rings is 1. The quantitative estimate of drug-likeness (QED) is 0.623. The third-order valence-electron chi connectivity index (χ3n) is 3.77. The van der Waals surface area contributed by atoms with Crippen molar-refractivity contribution in [2.75, 3.05) is 12.1 Å². The molecule has 2 heterocycles. The van der Waals surface area contributed by atoms with Gasteiger partial charge in [0, 0.05) is 0 Å². The lowest BCUT2D eigenvalue weighted by Gasteiger charge is -2.45. The number of ether oxygens (including phenoxy) is 1. The molecule has 1 fully saturated rings. The molecule has 0 spiro atoms. The number of nitrogens with zero attached hydrogens (tertiary/aromatic N) is 4. The van der Waals surface area contributed by atoms with E-state index >= 15 is 0 Å². The second kappa shape index (κ2) is 5.66. The van der Waals surface area contributed by atoms with E-state index in [0.29, 0.717) is 10.2 Å². The topological polar surface area (TPSA) is 60.3 Å². The van der Waals surface area contributed by atoms with Gasteiger partial charge in [-0.15, -0.1) is 16.7 Å². The molecule has 1 aliphatic rings. The first-order valence-corrected chi connectivity index (χ1v) is 7.30. The van der Waals surface area contributed by atoms with Crippen molar-refractivity contribution in [3.63, 3.8) is 0 Å². The molecule has 1 aromatic carbocycles. The zero-order chi connectivity index (χ0) is 17.6. The normalized spacial score (nSPS) is 20.9. The summed E-state index contributed by atoms with van der Waals surface area (Å²) in [6, 6.07) is 5.77.